The maximum atomic E-state index is 12.6. The highest BCUT2D eigenvalue weighted by Gasteiger charge is 2.15. The molecular weight excluding hydrogens is 388 g/mol. The van der Waals surface area contributed by atoms with Crippen molar-refractivity contribution < 1.29 is 17.9 Å². The van der Waals surface area contributed by atoms with Gasteiger partial charge in [-0.1, -0.05) is 29.8 Å². The Balaban J connectivity index is 1.76. The predicted molar refractivity (Wildman–Crippen MR) is 114 cm³/mol. The van der Waals surface area contributed by atoms with Crippen LogP contribution in [0, 0.1) is 6.92 Å². The van der Waals surface area contributed by atoms with Gasteiger partial charge in [0, 0.05) is 23.0 Å². The molecule has 0 aromatic heterocycles. The maximum absolute atomic E-state index is 12.6. The fourth-order valence-electron chi connectivity index (χ4n) is 2.69. The molecule has 0 aliphatic heterocycles. The molecule has 29 heavy (non-hydrogen) atoms. The lowest BCUT2D eigenvalue weighted by Gasteiger charge is -2.11. The van der Waals surface area contributed by atoms with Crippen molar-refractivity contribution in [2.24, 2.45) is 0 Å². The molecule has 0 saturated heterocycles. The first-order valence-corrected chi connectivity index (χ1v) is 10.6. The molecule has 0 aliphatic rings. The van der Waals surface area contributed by atoms with Gasteiger partial charge in [0.15, 0.2) is 0 Å². The van der Waals surface area contributed by atoms with Gasteiger partial charge < -0.3 is 10.1 Å². The Morgan fingerprint density at radius 3 is 2.34 bits per heavy atom. The molecule has 0 fully saturated rings. The Kier molecular flexibility index (Phi) is 6.19. The third-order valence-electron chi connectivity index (χ3n) is 4.11. The van der Waals surface area contributed by atoms with Gasteiger partial charge in [0.05, 0.1) is 11.5 Å². The number of nitrogens with one attached hydrogen (secondary N) is 2. The van der Waals surface area contributed by atoms with Gasteiger partial charge in [-0.2, -0.15) is 0 Å². The van der Waals surface area contributed by atoms with Gasteiger partial charge in [-0.3, -0.25) is 9.52 Å². The third-order valence-corrected chi connectivity index (χ3v) is 5.51. The highest BCUT2D eigenvalue weighted by Crippen LogP contribution is 2.20. The van der Waals surface area contributed by atoms with Crippen molar-refractivity contribution in [3.05, 3.63) is 83.9 Å². The zero-order chi connectivity index (χ0) is 20.9. The van der Waals surface area contributed by atoms with E-state index >= 15 is 0 Å². The number of carbonyl (C=O) groups is 1. The summed E-state index contributed by atoms with van der Waals surface area (Å²) >= 11 is 0. The first kappa shape index (κ1) is 20.4. The highest BCUT2D eigenvalue weighted by atomic mass is 32.2. The third kappa shape index (κ3) is 5.36. The van der Waals surface area contributed by atoms with Gasteiger partial charge in [-0.15, -0.1) is 0 Å². The van der Waals surface area contributed by atoms with E-state index in [-0.39, 0.29) is 10.8 Å². The standard InChI is InChI=1S/C22H22N2O4S/c1-3-28-20-9-5-7-18(15-20)23-22(25)17-6-4-8-19(14-17)24-29(26,27)21-12-10-16(2)11-13-21/h4-15,24H,3H2,1-2H3,(H,23,25). The summed E-state index contributed by atoms with van der Waals surface area (Å²) in [5.41, 5.74) is 2.19. The molecule has 2 N–H and O–H groups in total. The molecule has 0 bridgehead atoms. The molecule has 0 aliphatic carbocycles. The summed E-state index contributed by atoms with van der Waals surface area (Å²) in [6.45, 7) is 4.30. The van der Waals surface area contributed by atoms with Gasteiger partial charge in [0.1, 0.15) is 5.75 Å². The molecule has 0 spiro atoms. The van der Waals surface area contributed by atoms with Crippen LogP contribution < -0.4 is 14.8 Å². The minimum absolute atomic E-state index is 0.158. The maximum Gasteiger partial charge on any atom is 0.261 e. The molecule has 6 nitrogen and oxygen atoms in total. The summed E-state index contributed by atoms with van der Waals surface area (Å²) < 4.78 is 33.1. The Morgan fingerprint density at radius 2 is 1.62 bits per heavy atom. The van der Waals surface area contributed by atoms with E-state index in [0.29, 0.717) is 29.3 Å². The van der Waals surface area contributed by atoms with E-state index in [9.17, 15) is 13.2 Å². The van der Waals surface area contributed by atoms with Crippen LogP contribution in [0.15, 0.2) is 77.7 Å². The number of carbonyl (C=O) groups excluding carboxylic acids is 1. The first-order valence-electron chi connectivity index (χ1n) is 9.11. The average molecular weight is 410 g/mol. The Bertz CT molecular complexity index is 1110. The zero-order valence-corrected chi connectivity index (χ0v) is 17.0. The monoisotopic (exact) mass is 410 g/mol. The average Bonchev–Trinajstić information content (AvgIpc) is 2.69. The van der Waals surface area contributed by atoms with Gasteiger partial charge in [0.2, 0.25) is 0 Å². The van der Waals surface area contributed by atoms with Crippen molar-refractivity contribution in [3.8, 4) is 5.75 Å². The number of amides is 1. The quantitative estimate of drug-likeness (QED) is 0.603. The van der Waals surface area contributed by atoms with Crippen LogP contribution >= 0.6 is 0 Å². The van der Waals surface area contributed by atoms with Crippen LogP contribution in [0.5, 0.6) is 5.75 Å². The fourth-order valence-corrected chi connectivity index (χ4v) is 3.74. The molecule has 150 valence electrons. The van der Waals surface area contributed by atoms with Crippen molar-refractivity contribution in [3.63, 3.8) is 0 Å². The minimum atomic E-state index is -3.74. The molecule has 0 unspecified atom stereocenters. The zero-order valence-electron chi connectivity index (χ0n) is 16.2. The highest BCUT2D eigenvalue weighted by molar-refractivity contribution is 7.92. The molecule has 0 radical (unpaired) electrons. The van der Waals surface area contributed by atoms with E-state index in [4.69, 9.17) is 4.74 Å². The van der Waals surface area contributed by atoms with Crippen LogP contribution in [0.1, 0.15) is 22.8 Å². The molecule has 1 amide bonds. The van der Waals surface area contributed by atoms with E-state index in [0.717, 1.165) is 5.56 Å². The van der Waals surface area contributed by atoms with E-state index in [1.807, 2.05) is 13.8 Å². The molecule has 3 rings (SSSR count). The van der Waals surface area contributed by atoms with Crippen LogP contribution in [-0.4, -0.2) is 20.9 Å². The van der Waals surface area contributed by atoms with Crippen molar-refractivity contribution in [1.82, 2.24) is 0 Å². The second kappa shape index (κ2) is 8.79. The molecule has 0 saturated carbocycles. The van der Waals surface area contributed by atoms with Crippen molar-refractivity contribution in [1.29, 1.82) is 0 Å². The minimum Gasteiger partial charge on any atom is -0.494 e. The Morgan fingerprint density at radius 1 is 0.931 bits per heavy atom. The summed E-state index contributed by atoms with van der Waals surface area (Å²) in [6, 6.07) is 19.9. The summed E-state index contributed by atoms with van der Waals surface area (Å²) in [7, 11) is -3.74. The topological polar surface area (TPSA) is 84.5 Å². The Hall–Kier alpha value is -3.32. The molecule has 7 heteroatoms. The molecule has 0 atom stereocenters. The van der Waals surface area contributed by atoms with Crippen LogP contribution in [-0.2, 0) is 10.0 Å². The number of anilines is 2. The number of sulfonamides is 1. The van der Waals surface area contributed by atoms with E-state index in [2.05, 4.69) is 10.0 Å². The van der Waals surface area contributed by atoms with E-state index in [1.54, 1.807) is 66.7 Å². The summed E-state index contributed by atoms with van der Waals surface area (Å²) in [5, 5.41) is 2.79. The number of ether oxygens (including phenoxy) is 1. The molecule has 3 aromatic rings. The summed E-state index contributed by atoms with van der Waals surface area (Å²) in [6.07, 6.45) is 0. The van der Waals surface area contributed by atoms with Crippen LogP contribution in [0.3, 0.4) is 0 Å². The van der Waals surface area contributed by atoms with Crippen LogP contribution in [0.2, 0.25) is 0 Å². The number of benzene rings is 3. The molecule has 0 heterocycles. The van der Waals surface area contributed by atoms with Gasteiger partial charge >= 0.3 is 0 Å². The second-order valence-corrected chi connectivity index (χ2v) is 8.10. The SMILES string of the molecule is CCOc1cccc(NC(=O)c2cccc(NS(=O)(=O)c3ccc(C)cc3)c2)c1. The molecule has 3 aromatic carbocycles. The lowest BCUT2D eigenvalue weighted by Crippen LogP contribution is -2.15. The summed E-state index contributed by atoms with van der Waals surface area (Å²) in [4.78, 5) is 12.7. The predicted octanol–water partition coefficient (Wildman–Crippen LogP) is 4.45. The number of hydrogen-bond acceptors (Lipinski definition) is 4. The van der Waals surface area contributed by atoms with Crippen molar-refractivity contribution in [2.75, 3.05) is 16.6 Å². The normalized spacial score (nSPS) is 11.0. The van der Waals surface area contributed by atoms with Crippen LogP contribution in [0.25, 0.3) is 0 Å². The first-order chi connectivity index (χ1) is 13.9. The molecular formula is C22H22N2O4S. The smallest absolute Gasteiger partial charge is 0.261 e. The largest absolute Gasteiger partial charge is 0.494 e. The van der Waals surface area contributed by atoms with E-state index in [1.165, 1.54) is 6.07 Å². The van der Waals surface area contributed by atoms with E-state index < -0.39 is 10.0 Å². The number of aryl methyl sites for hydroxylation is 1. The fraction of sp³-hybridized carbons (Fsp3) is 0.136. The lowest BCUT2D eigenvalue weighted by atomic mass is 10.2. The number of hydrogen-bond donors (Lipinski definition) is 2. The van der Waals surface area contributed by atoms with Gasteiger partial charge in [-0.25, -0.2) is 8.42 Å². The van der Waals surface area contributed by atoms with Crippen LogP contribution in [0.4, 0.5) is 11.4 Å². The number of rotatable bonds is 7. The summed E-state index contributed by atoms with van der Waals surface area (Å²) in [5.74, 6) is 0.306. The second-order valence-electron chi connectivity index (χ2n) is 6.41. The van der Waals surface area contributed by atoms with Gasteiger partial charge in [0.25, 0.3) is 15.9 Å². The lowest BCUT2D eigenvalue weighted by molar-refractivity contribution is 0.102. The Labute approximate surface area is 170 Å². The van der Waals surface area contributed by atoms with Crippen molar-refractivity contribution >= 4 is 27.3 Å². The van der Waals surface area contributed by atoms with Gasteiger partial charge in [-0.05, 0) is 56.3 Å². The van der Waals surface area contributed by atoms with Crippen molar-refractivity contribution in [2.45, 2.75) is 18.7 Å².